The molecule has 0 fully saturated rings. The van der Waals surface area contributed by atoms with Crippen LogP contribution in [0.4, 0.5) is 0 Å². The van der Waals surface area contributed by atoms with Crippen molar-refractivity contribution in [2.75, 3.05) is 6.54 Å². The maximum Gasteiger partial charge on any atom is 0.335 e. The lowest BCUT2D eigenvalue weighted by Crippen LogP contribution is -2.27. The van der Waals surface area contributed by atoms with E-state index in [1.54, 1.807) is 18.2 Å². The number of carboxylic acids is 1. The number of hydrogen-bond acceptors (Lipinski definition) is 2. The Morgan fingerprint density at radius 1 is 1.04 bits per heavy atom. The molecule has 120 valence electrons. The smallest absolute Gasteiger partial charge is 0.335 e. The molecule has 23 heavy (non-hydrogen) atoms. The molecule has 0 radical (unpaired) electrons. The van der Waals surface area contributed by atoms with Crippen LogP contribution in [0, 0.1) is 13.8 Å². The summed E-state index contributed by atoms with van der Waals surface area (Å²) in [5.41, 5.74) is 4.48. The normalized spacial score (nSPS) is 10.3. The van der Waals surface area contributed by atoms with Crippen LogP contribution < -0.4 is 5.32 Å². The first kappa shape index (κ1) is 16.7. The van der Waals surface area contributed by atoms with Gasteiger partial charge in [-0.3, -0.25) is 4.79 Å². The molecule has 0 unspecified atom stereocenters. The average molecular weight is 311 g/mol. The predicted octanol–water partition coefficient (Wildman–Crippen LogP) is 2.90. The molecular formula is C19H21NO3. The van der Waals surface area contributed by atoms with Gasteiger partial charge in [0.05, 0.1) is 12.0 Å². The largest absolute Gasteiger partial charge is 0.478 e. The van der Waals surface area contributed by atoms with Crippen molar-refractivity contribution in [2.24, 2.45) is 0 Å². The van der Waals surface area contributed by atoms with Gasteiger partial charge in [-0.05, 0) is 54.7 Å². The van der Waals surface area contributed by atoms with Crippen molar-refractivity contribution in [1.82, 2.24) is 5.32 Å². The van der Waals surface area contributed by atoms with Gasteiger partial charge in [-0.25, -0.2) is 4.79 Å². The number of carbonyl (C=O) groups excluding carboxylic acids is 1. The third-order valence-electron chi connectivity index (χ3n) is 3.89. The standard InChI is InChI=1S/C19H21NO3/c1-13-5-3-6-14(2)17(13)12-18(21)20-10-9-15-7-4-8-16(11-15)19(22)23/h3-8,11H,9-10,12H2,1-2H3,(H,20,21)(H,22,23). The lowest BCUT2D eigenvalue weighted by Gasteiger charge is -2.10. The van der Waals surface area contributed by atoms with E-state index in [4.69, 9.17) is 5.11 Å². The number of hydrogen-bond donors (Lipinski definition) is 2. The highest BCUT2D eigenvalue weighted by Crippen LogP contribution is 2.13. The van der Waals surface area contributed by atoms with Crippen molar-refractivity contribution in [1.29, 1.82) is 0 Å². The van der Waals surface area contributed by atoms with E-state index in [-0.39, 0.29) is 11.5 Å². The summed E-state index contributed by atoms with van der Waals surface area (Å²) in [5, 5.41) is 11.9. The Labute approximate surface area is 136 Å². The highest BCUT2D eigenvalue weighted by molar-refractivity contribution is 5.87. The fraction of sp³-hybridized carbons (Fsp3) is 0.263. The molecule has 0 aliphatic carbocycles. The molecule has 0 bridgehead atoms. The number of carbonyl (C=O) groups is 2. The zero-order valence-electron chi connectivity index (χ0n) is 13.4. The molecule has 4 nitrogen and oxygen atoms in total. The summed E-state index contributed by atoms with van der Waals surface area (Å²) in [6, 6.07) is 12.8. The molecule has 1 amide bonds. The Morgan fingerprint density at radius 3 is 2.35 bits per heavy atom. The fourth-order valence-electron chi connectivity index (χ4n) is 2.56. The highest BCUT2D eigenvalue weighted by atomic mass is 16.4. The predicted molar refractivity (Wildman–Crippen MR) is 89.7 cm³/mol. The Kier molecular flexibility index (Phi) is 5.52. The molecule has 2 rings (SSSR count). The van der Waals surface area contributed by atoms with Gasteiger partial charge in [0.25, 0.3) is 0 Å². The summed E-state index contributed by atoms with van der Waals surface area (Å²) in [6.45, 7) is 4.51. The Bertz CT molecular complexity index is 702. The lowest BCUT2D eigenvalue weighted by molar-refractivity contribution is -0.120. The van der Waals surface area contributed by atoms with Crippen molar-refractivity contribution in [3.8, 4) is 0 Å². The van der Waals surface area contributed by atoms with Gasteiger partial charge in [0.2, 0.25) is 5.91 Å². The number of amides is 1. The minimum Gasteiger partial charge on any atom is -0.478 e. The van der Waals surface area contributed by atoms with Crippen LogP contribution in [-0.2, 0) is 17.6 Å². The maximum absolute atomic E-state index is 12.1. The molecule has 2 aromatic carbocycles. The molecule has 0 spiro atoms. The maximum atomic E-state index is 12.1. The third kappa shape index (κ3) is 4.68. The van der Waals surface area contributed by atoms with Crippen LogP contribution in [0.25, 0.3) is 0 Å². The summed E-state index contributed by atoms with van der Waals surface area (Å²) in [6.07, 6.45) is 0.979. The number of nitrogens with one attached hydrogen (secondary N) is 1. The van der Waals surface area contributed by atoms with E-state index in [1.165, 1.54) is 0 Å². The van der Waals surface area contributed by atoms with Gasteiger partial charge in [0.15, 0.2) is 0 Å². The van der Waals surface area contributed by atoms with Crippen molar-refractivity contribution in [3.05, 3.63) is 70.3 Å². The van der Waals surface area contributed by atoms with E-state index < -0.39 is 5.97 Å². The molecule has 0 aliphatic heterocycles. The van der Waals surface area contributed by atoms with Crippen LogP contribution in [0.15, 0.2) is 42.5 Å². The molecular weight excluding hydrogens is 290 g/mol. The summed E-state index contributed by atoms with van der Waals surface area (Å²) in [5.74, 6) is -0.956. The second-order valence-electron chi connectivity index (χ2n) is 5.65. The second kappa shape index (κ2) is 7.58. The average Bonchev–Trinajstić information content (AvgIpc) is 2.51. The van der Waals surface area contributed by atoms with Crippen LogP contribution in [0.5, 0.6) is 0 Å². The van der Waals surface area contributed by atoms with E-state index in [0.29, 0.717) is 19.4 Å². The summed E-state index contributed by atoms with van der Waals surface area (Å²) in [4.78, 5) is 23.0. The molecule has 2 aromatic rings. The Balaban J connectivity index is 1.88. The zero-order chi connectivity index (χ0) is 16.8. The first-order valence-corrected chi connectivity index (χ1v) is 7.61. The molecule has 2 N–H and O–H groups in total. The van der Waals surface area contributed by atoms with Gasteiger partial charge in [0, 0.05) is 6.54 Å². The van der Waals surface area contributed by atoms with Crippen molar-refractivity contribution in [2.45, 2.75) is 26.7 Å². The monoisotopic (exact) mass is 311 g/mol. The minimum atomic E-state index is -0.939. The summed E-state index contributed by atoms with van der Waals surface area (Å²) < 4.78 is 0. The lowest BCUT2D eigenvalue weighted by atomic mass is 10.00. The molecule has 0 atom stereocenters. The van der Waals surface area contributed by atoms with E-state index in [2.05, 4.69) is 5.32 Å². The van der Waals surface area contributed by atoms with Crippen molar-refractivity contribution >= 4 is 11.9 Å². The minimum absolute atomic E-state index is 0.0169. The van der Waals surface area contributed by atoms with Crippen LogP contribution >= 0.6 is 0 Å². The fourth-order valence-corrected chi connectivity index (χ4v) is 2.56. The first-order valence-electron chi connectivity index (χ1n) is 7.61. The van der Waals surface area contributed by atoms with E-state index >= 15 is 0 Å². The molecule has 0 saturated heterocycles. The molecule has 0 saturated carbocycles. The Hall–Kier alpha value is -2.62. The van der Waals surface area contributed by atoms with E-state index in [0.717, 1.165) is 22.3 Å². The van der Waals surface area contributed by atoms with Gasteiger partial charge >= 0.3 is 5.97 Å². The first-order chi connectivity index (χ1) is 11.0. The van der Waals surface area contributed by atoms with Gasteiger partial charge < -0.3 is 10.4 Å². The highest BCUT2D eigenvalue weighted by Gasteiger charge is 2.08. The van der Waals surface area contributed by atoms with Gasteiger partial charge in [-0.15, -0.1) is 0 Å². The molecule has 0 aromatic heterocycles. The summed E-state index contributed by atoms with van der Waals surface area (Å²) in [7, 11) is 0. The molecule has 0 aliphatic rings. The number of carboxylic acid groups (broad SMARTS) is 1. The van der Waals surface area contributed by atoms with Crippen molar-refractivity contribution < 1.29 is 14.7 Å². The van der Waals surface area contributed by atoms with Gasteiger partial charge in [-0.2, -0.15) is 0 Å². The SMILES string of the molecule is Cc1cccc(C)c1CC(=O)NCCc1cccc(C(=O)O)c1. The number of rotatable bonds is 6. The zero-order valence-corrected chi connectivity index (χ0v) is 13.4. The second-order valence-corrected chi connectivity index (χ2v) is 5.65. The van der Waals surface area contributed by atoms with Crippen molar-refractivity contribution in [3.63, 3.8) is 0 Å². The number of benzene rings is 2. The molecule has 4 heteroatoms. The van der Waals surface area contributed by atoms with Gasteiger partial charge in [0.1, 0.15) is 0 Å². The van der Waals surface area contributed by atoms with E-state index in [1.807, 2.05) is 38.1 Å². The topological polar surface area (TPSA) is 66.4 Å². The third-order valence-corrected chi connectivity index (χ3v) is 3.89. The van der Waals surface area contributed by atoms with Crippen LogP contribution in [0.1, 0.15) is 32.6 Å². The number of aryl methyl sites for hydroxylation is 2. The van der Waals surface area contributed by atoms with Crippen LogP contribution in [-0.4, -0.2) is 23.5 Å². The summed E-state index contributed by atoms with van der Waals surface area (Å²) >= 11 is 0. The quantitative estimate of drug-likeness (QED) is 0.862. The number of aromatic carboxylic acids is 1. The molecule has 0 heterocycles. The van der Waals surface area contributed by atoms with E-state index in [9.17, 15) is 9.59 Å². The Morgan fingerprint density at radius 2 is 1.70 bits per heavy atom. The van der Waals surface area contributed by atoms with Crippen LogP contribution in [0.2, 0.25) is 0 Å². The van der Waals surface area contributed by atoms with Crippen LogP contribution in [0.3, 0.4) is 0 Å². The van der Waals surface area contributed by atoms with Gasteiger partial charge in [-0.1, -0.05) is 30.3 Å².